The summed E-state index contributed by atoms with van der Waals surface area (Å²) in [6.45, 7) is 2.06. The Labute approximate surface area is 47.3 Å². The second-order valence-corrected chi connectivity index (χ2v) is 2.69. The molecular formula is C4H8N2S. The third-order valence-electron chi connectivity index (χ3n) is 0.928. The highest BCUT2D eigenvalue weighted by Crippen LogP contribution is 2.19. The van der Waals surface area contributed by atoms with Crippen LogP contribution < -0.4 is 5.84 Å². The predicted octanol–water partition coefficient (Wildman–Crippen LogP) is 0.726. The molecule has 0 saturated carbocycles. The highest BCUT2D eigenvalue weighted by atomic mass is 32.2. The van der Waals surface area contributed by atoms with E-state index in [0.717, 1.165) is 0 Å². The van der Waals surface area contributed by atoms with E-state index in [-0.39, 0.29) is 0 Å². The Morgan fingerprint density at radius 2 is 2.57 bits per heavy atom. The summed E-state index contributed by atoms with van der Waals surface area (Å²) in [4.78, 5) is 0. The highest BCUT2D eigenvalue weighted by Gasteiger charge is 2.08. The van der Waals surface area contributed by atoms with Gasteiger partial charge in [0.1, 0.15) is 0 Å². The van der Waals surface area contributed by atoms with Gasteiger partial charge in [-0.2, -0.15) is 0 Å². The van der Waals surface area contributed by atoms with E-state index in [4.69, 9.17) is 5.84 Å². The minimum Gasteiger partial charge on any atom is -0.305 e. The van der Waals surface area contributed by atoms with E-state index in [9.17, 15) is 0 Å². The van der Waals surface area contributed by atoms with Gasteiger partial charge < -0.3 is 5.01 Å². The van der Waals surface area contributed by atoms with Crippen LogP contribution in [0.15, 0.2) is 11.6 Å². The minimum atomic E-state index is 0.431. The van der Waals surface area contributed by atoms with Crippen molar-refractivity contribution in [1.29, 1.82) is 0 Å². The maximum absolute atomic E-state index is 5.40. The van der Waals surface area contributed by atoms with Gasteiger partial charge in [0, 0.05) is 6.20 Å². The van der Waals surface area contributed by atoms with Crippen molar-refractivity contribution in [3.05, 3.63) is 11.6 Å². The average molecular weight is 116 g/mol. The van der Waals surface area contributed by atoms with E-state index in [1.807, 2.05) is 11.6 Å². The Morgan fingerprint density at radius 3 is 2.71 bits per heavy atom. The van der Waals surface area contributed by atoms with Crippen LogP contribution in [0.1, 0.15) is 6.92 Å². The van der Waals surface area contributed by atoms with Crippen molar-refractivity contribution in [2.75, 3.05) is 0 Å². The fourth-order valence-electron chi connectivity index (χ4n) is 0.411. The fraction of sp³-hybridized carbons (Fsp3) is 0.500. The van der Waals surface area contributed by atoms with Gasteiger partial charge in [-0.3, -0.25) is 0 Å². The van der Waals surface area contributed by atoms with Crippen LogP contribution in [-0.2, 0) is 0 Å². The molecule has 0 radical (unpaired) electrons. The van der Waals surface area contributed by atoms with Gasteiger partial charge in [-0.05, 0) is 12.3 Å². The number of thioether (sulfide) groups is 1. The van der Waals surface area contributed by atoms with E-state index in [1.165, 1.54) is 0 Å². The first kappa shape index (κ1) is 5.00. The number of rotatable bonds is 0. The number of nitrogens with two attached hydrogens (primary N) is 1. The van der Waals surface area contributed by atoms with Crippen LogP contribution >= 0.6 is 11.8 Å². The molecule has 2 nitrogen and oxygen atoms in total. The summed E-state index contributed by atoms with van der Waals surface area (Å²) in [6, 6.07) is 0. The third-order valence-corrected chi connectivity index (χ3v) is 1.84. The lowest BCUT2D eigenvalue weighted by molar-refractivity contribution is 0.396. The molecule has 0 bridgehead atoms. The molecule has 1 aliphatic rings. The van der Waals surface area contributed by atoms with Crippen LogP contribution in [0.25, 0.3) is 0 Å². The first-order valence-electron chi connectivity index (χ1n) is 2.16. The maximum Gasteiger partial charge on any atom is 0.0910 e. The van der Waals surface area contributed by atoms with Gasteiger partial charge in [0.25, 0.3) is 0 Å². The molecule has 2 N–H and O–H groups in total. The molecular weight excluding hydrogens is 108 g/mol. The number of hydrogen-bond acceptors (Lipinski definition) is 3. The number of nitrogens with zero attached hydrogens (tertiary/aromatic N) is 1. The second kappa shape index (κ2) is 1.76. The van der Waals surface area contributed by atoms with Crippen molar-refractivity contribution >= 4 is 11.8 Å². The van der Waals surface area contributed by atoms with Gasteiger partial charge in [-0.25, -0.2) is 5.84 Å². The third kappa shape index (κ3) is 0.894. The highest BCUT2D eigenvalue weighted by molar-refractivity contribution is 8.02. The Morgan fingerprint density at radius 1 is 1.86 bits per heavy atom. The first-order chi connectivity index (χ1) is 3.30. The SMILES string of the molecule is CC1SC=CN1N. The maximum atomic E-state index is 5.40. The molecule has 1 rings (SSSR count). The zero-order valence-electron chi connectivity index (χ0n) is 4.16. The smallest absolute Gasteiger partial charge is 0.0910 e. The minimum absolute atomic E-state index is 0.431. The standard InChI is InChI=1S/C4H8N2S/c1-4-6(5)2-3-7-4/h2-4H,5H2,1H3. The Hall–Kier alpha value is -0.150. The molecule has 7 heavy (non-hydrogen) atoms. The molecule has 40 valence electrons. The summed E-state index contributed by atoms with van der Waals surface area (Å²) in [6.07, 6.45) is 1.87. The zero-order chi connectivity index (χ0) is 5.28. The van der Waals surface area contributed by atoms with E-state index in [0.29, 0.717) is 5.37 Å². The Bertz CT molecular complexity index is 91.7. The Balaban J connectivity index is 2.45. The van der Waals surface area contributed by atoms with Crippen LogP contribution in [0.5, 0.6) is 0 Å². The second-order valence-electron chi connectivity index (χ2n) is 1.47. The summed E-state index contributed by atoms with van der Waals surface area (Å²) < 4.78 is 0. The van der Waals surface area contributed by atoms with Crippen molar-refractivity contribution in [2.24, 2.45) is 5.84 Å². The largest absolute Gasteiger partial charge is 0.305 e. The van der Waals surface area contributed by atoms with Crippen LogP contribution in [0, 0.1) is 0 Å². The van der Waals surface area contributed by atoms with E-state index >= 15 is 0 Å². The lowest BCUT2D eigenvalue weighted by atomic mass is 10.7. The molecule has 3 heteroatoms. The molecule has 0 fully saturated rings. The molecule has 1 atom stereocenters. The van der Waals surface area contributed by atoms with Crippen LogP contribution in [0.4, 0.5) is 0 Å². The quantitative estimate of drug-likeness (QED) is 0.473. The van der Waals surface area contributed by atoms with E-state index < -0.39 is 0 Å². The lowest BCUT2D eigenvalue weighted by Crippen LogP contribution is -2.28. The Kier molecular flexibility index (Phi) is 1.25. The van der Waals surface area contributed by atoms with Crippen LogP contribution in [0.3, 0.4) is 0 Å². The fourth-order valence-corrected chi connectivity index (χ4v) is 1.06. The van der Waals surface area contributed by atoms with Crippen molar-refractivity contribution < 1.29 is 0 Å². The first-order valence-corrected chi connectivity index (χ1v) is 3.10. The van der Waals surface area contributed by atoms with Crippen molar-refractivity contribution in [3.8, 4) is 0 Å². The van der Waals surface area contributed by atoms with Crippen molar-refractivity contribution in [2.45, 2.75) is 12.3 Å². The molecule has 0 amide bonds. The van der Waals surface area contributed by atoms with Gasteiger partial charge in [-0.15, -0.1) is 11.8 Å². The average Bonchev–Trinajstić information content (AvgIpc) is 1.91. The summed E-state index contributed by atoms with van der Waals surface area (Å²) in [5.41, 5.74) is 0. The van der Waals surface area contributed by atoms with E-state index in [1.54, 1.807) is 16.8 Å². The normalized spacial score (nSPS) is 29.4. The predicted molar refractivity (Wildman–Crippen MR) is 32.2 cm³/mol. The van der Waals surface area contributed by atoms with Gasteiger partial charge in [-0.1, -0.05) is 0 Å². The molecule has 0 spiro atoms. The zero-order valence-corrected chi connectivity index (χ0v) is 4.98. The molecule has 0 saturated heterocycles. The van der Waals surface area contributed by atoms with Crippen molar-refractivity contribution in [1.82, 2.24) is 5.01 Å². The summed E-state index contributed by atoms with van der Waals surface area (Å²) in [5.74, 6) is 5.40. The van der Waals surface area contributed by atoms with Gasteiger partial charge in [0.2, 0.25) is 0 Å². The monoisotopic (exact) mass is 116 g/mol. The molecule has 1 unspecified atom stereocenters. The number of hydrazine groups is 1. The summed E-state index contributed by atoms with van der Waals surface area (Å²) in [5, 5.41) is 4.11. The molecule has 0 aliphatic carbocycles. The van der Waals surface area contributed by atoms with Gasteiger partial charge in [0.15, 0.2) is 0 Å². The van der Waals surface area contributed by atoms with Gasteiger partial charge >= 0.3 is 0 Å². The molecule has 1 aliphatic heterocycles. The van der Waals surface area contributed by atoms with Crippen LogP contribution in [0.2, 0.25) is 0 Å². The summed E-state index contributed by atoms with van der Waals surface area (Å²) >= 11 is 1.73. The van der Waals surface area contributed by atoms with E-state index in [2.05, 4.69) is 6.92 Å². The molecule has 1 heterocycles. The van der Waals surface area contributed by atoms with Crippen LogP contribution in [-0.4, -0.2) is 10.4 Å². The van der Waals surface area contributed by atoms with Gasteiger partial charge in [0.05, 0.1) is 5.37 Å². The number of hydrogen-bond donors (Lipinski definition) is 1. The molecule has 0 aromatic heterocycles. The molecule has 0 aromatic carbocycles. The topological polar surface area (TPSA) is 29.3 Å². The summed E-state index contributed by atoms with van der Waals surface area (Å²) in [7, 11) is 0. The lowest BCUT2D eigenvalue weighted by Gasteiger charge is -2.12. The molecule has 0 aromatic rings. The van der Waals surface area contributed by atoms with Crippen molar-refractivity contribution in [3.63, 3.8) is 0 Å².